The van der Waals surface area contributed by atoms with Gasteiger partial charge in [-0.1, -0.05) is 0 Å². The predicted octanol–water partition coefficient (Wildman–Crippen LogP) is 1.12. The van der Waals surface area contributed by atoms with Crippen LogP contribution in [0.3, 0.4) is 0 Å². The Morgan fingerprint density at radius 2 is 1.95 bits per heavy atom. The summed E-state index contributed by atoms with van der Waals surface area (Å²) in [6.07, 6.45) is 0. The van der Waals surface area contributed by atoms with Crippen molar-refractivity contribution < 1.29 is 14.3 Å². The van der Waals surface area contributed by atoms with Crippen LogP contribution in [-0.4, -0.2) is 54.2 Å². The third-order valence-electron chi connectivity index (χ3n) is 3.99. The van der Waals surface area contributed by atoms with Crippen molar-refractivity contribution in [2.75, 3.05) is 38.1 Å². The molecule has 3 rings (SSSR count). The number of nitrogens with zero attached hydrogens (tertiary/aromatic N) is 2. The molecule has 0 unspecified atom stereocenters. The van der Waals surface area contributed by atoms with Crippen LogP contribution in [0.4, 0.5) is 10.1 Å². The van der Waals surface area contributed by atoms with Gasteiger partial charge in [0.15, 0.2) is 5.43 Å². The quantitative estimate of drug-likeness (QED) is 0.869. The number of anilines is 1. The highest BCUT2D eigenvalue weighted by Crippen LogP contribution is 2.26. The molecule has 2 aromatic rings. The lowest BCUT2D eigenvalue weighted by atomic mass is 10.1. The summed E-state index contributed by atoms with van der Waals surface area (Å²) in [6.45, 7) is 3.16. The second-order valence-corrected chi connectivity index (χ2v) is 5.46. The van der Waals surface area contributed by atoms with Gasteiger partial charge in [-0.15, -0.1) is 0 Å². The van der Waals surface area contributed by atoms with E-state index < -0.39 is 17.2 Å². The van der Waals surface area contributed by atoms with E-state index >= 15 is 0 Å². The van der Waals surface area contributed by atoms with Crippen molar-refractivity contribution >= 4 is 22.6 Å². The van der Waals surface area contributed by atoms with E-state index in [1.165, 1.54) is 6.07 Å². The number of halogens is 1. The van der Waals surface area contributed by atoms with E-state index in [9.17, 15) is 14.0 Å². The minimum Gasteiger partial charge on any atom is -0.477 e. The first-order valence-electron chi connectivity index (χ1n) is 6.99. The summed E-state index contributed by atoms with van der Waals surface area (Å²) in [5, 5.41) is 8.99. The van der Waals surface area contributed by atoms with E-state index in [0.717, 1.165) is 32.2 Å². The number of nitrogens with one attached hydrogen (secondary N) is 1. The molecule has 0 bridgehead atoms. The molecule has 1 aliphatic rings. The number of aromatic nitrogens is 1. The summed E-state index contributed by atoms with van der Waals surface area (Å²) in [7, 11) is 2.02. The monoisotopic (exact) mass is 305 g/mol. The molecule has 116 valence electrons. The molecular formula is C15H16FN3O3. The summed E-state index contributed by atoms with van der Waals surface area (Å²) in [5.41, 5.74) is 0.0391. The maximum absolute atomic E-state index is 14.0. The van der Waals surface area contributed by atoms with Gasteiger partial charge in [0.25, 0.3) is 0 Å². The average molecular weight is 305 g/mol. The van der Waals surface area contributed by atoms with E-state index in [0.29, 0.717) is 5.69 Å². The summed E-state index contributed by atoms with van der Waals surface area (Å²) in [5.74, 6) is -1.89. The van der Waals surface area contributed by atoms with Crippen molar-refractivity contribution in [1.29, 1.82) is 0 Å². The third-order valence-corrected chi connectivity index (χ3v) is 3.99. The molecule has 6 nitrogen and oxygen atoms in total. The van der Waals surface area contributed by atoms with Gasteiger partial charge in [-0.05, 0) is 19.2 Å². The Morgan fingerprint density at radius 1 is 1.27 bits per heavy atom. The molecular weight excluding hydrogens is 289 g/mol. The molecule has 2 N–H and O–H groups in total. The van der Waals surface area contributed by atoms with Crippen molar-refractivity contribution in [3.8, 4) is 0 Å². The minimum atomic E-state index is -1.24. The maximum atomic E-state index is 14.0. The van der Waals surface area contributed by atoms with Gasteiger partial charge < -0.3 is 19.9 Å². The number of carboxylic acid groups (broad SMARTS) is 1. The first-order chi connectivity index (χ1) is 10.5. The van der Waals surface area contributed by atoms with Gasteiger partial charge in [0.2, 0.25) is 0 Å². The molecule has 2 heterocycles. The Morgan fingerprint density at radius 3 is 2.59 bits per heavy atom. The van der Waals surface area contributed by atoms with Crippen molar-refractivity contribution in [2.24, 2.45) is 0 Å². The number of carbonyl (C=O) groups is 1. The van der Waals surface area contributed by atoms with Gasteiger partial charge in [0.1, 0.15) is 11.5 Å². The van der Waals surface area contributed by atoms with Crippen LogP contribution >= 0.6 is 0 Å². The van der Waals surface area contributed by atoms with Crippen LogP contribution in [0.1, 0.15) is 10.5 Å². The van der Waals surface area contributed by atoms with Crippen LogP contribution in [0.2, 0.25) is 0 Å². The smallest absolute Gasteiger partial charge is 0.352 e. The number of aromatic amines is 1. The van der Waals surface area contributed by atoms with Gasteiger partial charge in [0.05, 0.1) is 16.6 Å². The number of H-pyrrole nitrogens is 1. The number of aromatic carboxylic acids is 1. The Bertz CT molecular complexity index is 794. The number of benzene rings is 1. The van der Waals surface area contributed by atoms with Crippen LogP contribution in [0, 0.1) is 5.82 Å². The third kappa shape index (κ3) is 2.43. The number of hydrogen-bond acceptors (Lipinski definition) is 4. The van der Waals surface area contributed by atoms with Gasteiger partial charge >= 0.3 is 5.97 Å². The molecule has 0 radical (unpaired) electrons. The van der Waals surface area contributed by atoms with Crippen molar-refractivity contribution in [3.63, 3.8) is 0 Å². The lowest BCUT2D eigenvalue weighted by molar-refractivity contribution is 0.0691. The molecule has 1 aromatic heterocycles. The molecule has 0 amide bonds. The summed E-state index contributed by atoms with van der Waals surface area (Å²) < 4.78 is 14.0. The highest BCUT2D eigenvalue weighted by molar-refractivity contribution is 5.95. The summed E-state index contributed by atoms with van der Waals surface area (Å²) in [4.78, 5) is 30.1. The fourth-order valence-corrected chi connectivity index (χ4v) is 2.73. The van der Waals surface area contributed by atoms with Crippen molar-refractivity contribution in [1.82, 2.24) is 9.88 Å². The molecule has 1 saturated heterocycles. The minimum absolute atomic E-state index is 0.0959. The van der Waals surface area contributed by atoms with E-state index in [4.69, 9.17) is 5.11 Å². The highest BCUT2D eigenvalue weighted by atomic mass is 19.1. The zero-order valence-electron chi connectivity index (χ0n) is 12.1. The number of carboxylic acids is 1. The first kappa shape index (κ1) is 14.5. The predicted molar refractivity (Wildman–Crippen MR) is 81.2 cm³/mol. The van der Waals surface area contributed by atoms with Gasteiger partial charge in [-0.2, -0.15) is 0 Å². The van der Waals surface area contributed by atoms with Gasteiger partial charge in [-0.25, -0.2) is 9.18 Å². The Balaban J connectivity index is 2.20. The Labute approximate surface area is 125 Å². The first-order valence-corrected chi connectivity index (χ1v) is 6.99. The van der Waals surface area contributed by atoms with E-state index in [2.05, 4.69) is 9.88 Å². The molecule has 0 aliphatic carbocycles. The average Bonchev–Trinajstić information content (AvgIpc) is 2.48. The lowest BCUT2D eigenvalue weighted by Crippen LogP contribution is -2.44. The molecule has 1 fully saturated rings. The highest BCUT2D eigenvalue weighted by Gasteiger charge is 2.20. The molecule has 0 saturated carbocycles. The van der Waals surface area contributed by atoms with Crippen LogP contribution in [-0.2, 0) is 0 Å². The zero-order valence-corrected chi connectivity index (χ0v) is 12.1. The maximum Gasteiger partial charge on any atom is 0.352 e. The van der Waals surface area contributed by atoms with Crippen molar-refractivity contribution in [3.05, 3.63) is 39.9 Å². The summed E-state index contributed by atoms with van der Waals surface area (Å²) >= 11 is 0. The molecule has 7 heteroatoms. The van der Waals surface area contributed by atoms with Crippen LogP contribution in [0.25, 0.3) is 10.9 Å². The largest absolute Gasteiger partial charge is 0.477 e. The second kappa shape index (κ2) is 5.42. The number of rotatable bonds is 2. The van der Waals surface area contributed by atoms with Crippen molar-refractivity contribution in [2.45, 2.75) is 0 Å². The number of hydrogen-bond donors (Lipinski definition) is 2. The Hall–Kier alpha value is -2.41. The van der Waals surface area contributed by atoms with Crippen LogP contribution in [0.15, 0.2) is 23.0 Å². The molecule has 1 aromatic carbocycles. The zero-order chi connectivity index (χ0) is 15.9. The van der Waals surface area contributed by atoms with Gasteiger partial charge in [0, 0.05) is 32.2 Å². The number of pyridine rings is 1. The molecule has 1 aliphatic heterocycles. The fourth-order valence-electron chi connectivity index (χ4n) is 2.73. The Kier molecular flexibility index (Phi) is 3.58. The number of piperazine rings is 1. The lowest BCUT2D eigenvalue weighted by Gasteiger charge is -2.34. The number of fused-ring (bicyclic) bond motifs is 1. The van der Waals surface area contributed by atoms with Gasteiger partial charge in [-0.3, -0.25) is 4.79 Å². The molecule has 0 spiro atoms. The topological polar surface area (TPSA) is 76.6 Å². The standard InChI is InChI=1S/C15H16FN3O3/c1-18-4-6-19(7-5-18)11-3-2-9(16)13-12(20)8-10(15(21)22)17-14(11)13/h2-3,8H,4-7H2,1H3,(H,17,20)(H,21,22). The van der Waals surface area contributed by atoms with E-state index in [-0.39, 0.29) is 16.6 Å². The fraction of sp³-hybridized carbons (Fsp3) is 0.333. The molecule has 22 heavy (non-hydrogen) atoms. The van der Waals surface area contributed by atoms with Crippen LogP contribution in [0.5, 0.6) is 0 Å². The van der Waals surface area contributed by atoms with E-state index in [1.807, 2.05) is 11.9 Å². The van der Waals surface area contributed by atoms with E-state index in [1.54, 1.807) is 6.07 Å². The van der Waals surface area contributed by atoms with Crippen LogP contribution < -0.4 is 10.3 Å². The second-order valence-electron chi connectivity index (χ2n) is 5.46. The normalized spacial score (nSPS) is 16.2. The number of likely N-dealkylation sites (N-methyl/N-ethyl adjacent to an activating group) is 1. The SMILES string of the molecule is CN1CCN(c2ccc(F)c3c(=O)cc(C(=O)O)[nH]c23)CC1. The molecule has 0 atom stereocenters. The summed E-state index contributed by atoms with van der Waals surface area (Å²) in [6, 6.07) is 3.76.